The molecule has 2 aromatic carbocycles. The summed E-state index contributed by atoms with van der Waals surface area (Å²) in [5.74, 6) is 0.540. The molecule has 1 fully saturated rings. The van der Waals surface area contributed by atoms with E-state index < -0.39 is 38.2 Å². The van der Waals surface area contributed by atoms with E-state index in [-0.39, 0.29) is 18.2 Å². The smallest absolute Gasteiger partial charge is 0.408 e. The number of carbonyl (C=O) groups is 1. The Morgan fingerprint density at radius 2 is 1.84 bits per heavy atom. The highest BCUT2D eigenvalue weighted by molar-refractivity contribution is 7.92. The van der Waals surface area contributed by atoms with Gasteiger partial charge in [0.15, 0.2) is 21.3 Å². The molecular formula is C22H26N2O6S. The van der Waals surface area contributed by atoms with Gasteiger partial charge in [0.2, 0.25) is 6.79 Å². The number of rotatable bonds is 5. The zero-order valence-electron chi connectivity index (χ0n) is 17.6. The highest BCUT2D eigenvalue weighted by Gasteiger charge is 2.72. The van der Waals surface area contributed by atoms with Crippen molar-refractivity contribution in [3.63, 3.8) is 0 Å². The van der Waals surface area contributed by atoms with Crippen LogP contribution >= 0.6 is 0 Å². The van der Waals surface area contributed by atoms with Crippen molar-refractivity contribution in [2.24, 2.45) is 5.73 Å². The topological polar surface area (TPSA) is 117 Å². The molecule has 0 aromatic heterocycles. The van der Waals surface area contributed by atoms with Gasteiger partial charge in [0.05, 0.1) is 10.4 Å². The minimum absolute atomic E-state index is 0.0813. The first kappa shape index (κ1) is 21.5. The third-order valence-corrected chi connectivity index (χ3v) is 7.78. The predicted molar refractivity (Wildman–Crippen MR) is 114 cm³/mol. The monoisotopic (exact) mass is 446 g/mol. The number of ether oxygens (including phenoxy) is 3. The summed E-state index contributed by atoms with van der Waals surface area (Å²) in [7, 11) is -3.81. The Morgan fingerprint density at radius 3 is 2.48 bits per heavy atom. The minimum atomic E-state index is -3.81. The average Bonchev–Trinajstić information content (AvgIpc) is 3.13. The fourth-order valence-corrected chi connectivity index (χ4v) is 6.50. The first-order valence-electron chi connectivity index (χ1n) is 9.98. The van der Waals surface area contributed by atoms with Crippen LogP contribution in [0, 0.1) is 0 Å². The zero-order valence-corrected chi connectivity index (χ0v) is 18.4. The lowest BCUT2D eigenvalue weighted by Gasteiger charge is -2.24. The lowest BCUT2D eigenvalue weighted by atomic mass is 10.1. The first-order valence-corrected chi connectivity index (χ1v) is 11.5. The van der Waals surface area contributed by atoms with Crippen LogP contribution in [0.3, 0.4) is 0 Å². The summed E-state index contributed by atoms with van der Waals surface area (Å²) in [5, 5.41) is 1.82. The summed E-state index contributed by atoms with van der Waals surface area (Å²) < 4.78 is 43.3. The van der Waals surface area contributed by atoms with Gasteiger partial charge in [-0.2, -0.15) is 0 Å². The zero-order chi connectivity index (χ0) is 22.4. The molecule has 1 aliphatic heterocycles. The van der Waals surface area contributed by atoms with Crippen molar-refractivity contribution in [3.05, 3.63) is 54.1 Å². The SMILES string of the molecule is CC(C)(C)OC(=O)NC1(CN)C(c2ccc3c(c2)OCO3)C1S(=O)(=O)c1ccccc1. The lowest BCUT2D eigenvalue weighted by molar-refractivity contribution is 0.0497. The van der Waals surface area contributed by atoms with E-state index in [1.165, 1.54) is 0 Å². The molecule has 4 rings (SSSR count). The fraction of sp³-hybridized carbons (Fsp3) is 0.409. The van der Waals surface area contributed by atoms with Crippen LogP contribution in [0.2, 0.25) is 0 Å². The third kappa shape index (κ3) is 3.83. The molecule has 0 saturated heterocycles. The van der Waals surface area contributed by atoms with Crippen LogP contribution in [0.15, 0.2) is 53.4 Å². The Morgan fingerprint density at radius 1 is 1.16 bits per heavy atom. The molecular weight excluding hydrogens is 420 g/mol. The Hall–Kier alpha value is -2.78. The summed E-state index contributed by atoms with van der Waals surface area (Å²) in [6, 6.07) is 13.4. The number of amides is 1. The van der Waals surface area contributed by atoms with Crippen molar-refractivity contribution in [2.75, 3.05) is 13.3 Å². The van der Waals surface area contributed by atoms with Crippen LogP contribution < -0.4 is 20.5 Å². The van der Waals surface area contributed by atoms with Crippen LogP contribution in [0.5, 0.6) is 11.5 Å². The number of nitrogens with one attached hydrogen (secondary N) is 1. The van der Waals surface area contributed by atoms with Gasteiger partial charge in [-0.25, -0.2) is 13.2 Å². The Labute approximate surface area is 181 Å². The number of carbonyl (C=O) groups excluding carboxylic acids is 1. The van der Waals surface area contributed by atoms with Crippen LogP contribution in [-0.4, -0.2) is 44.2 Å². The maximum Gasteiger partial charge on any atom is 0.408 e. The summed E-state index contributed by atoms with van der Waals surface area (Å²) in [6.07, 6.45) is -0.713. The van der Waals surface area contributed by atoms with Crippen LogP contribution in [0.25, 0.3) is 0 Å². The molecule has 0 spiro atoms. The summed E-state index contributed by atoms with van der Waals surface area (Å²) >= 11 is 0. The van der Waals surface area contributed by atoms with Crippen molar-refractivity contribution in [3.8, 4) is 11.5 Å². The number of hydrogen-bond acceptors (Lipinski definition) is 7. The van der Waals surface area contributed by atoms with E-state index >= 15 is 0 Å². The van der Waals surface area contributed by atoms with E-state index in [9.17, 15) is 13.2 Å². The molecule has 0 radical (unpaired) electrons. The second-order valence-electron chi connectivity index (χ2n) is 8.74. The number of benzene rings is 2. The van der Waals surface area contributed by atoms with Crippen LogP contribution in [0.1, 0.15) is 32.3 Å². The van der Waals surface area contributed by atoms with Gasteiger partial charge >= 0.3 is 6.09 Å². The molecule has 166 valence electrons. The summed E-state index contributed by atoms with van der Waals surface area (Å²) in [5.41, 5.74) is 4.83. The van der Waals surface area contributed by atoms with Gasteiger partial charge < -0.3 is 25.3 Å². The molecule has 9 heteroatoms. The standard InChI is InChI=1S/C22H26N2O6S/c1-21(2,3)30-20(25)24-22(12-23)18(14-9-10-16-17(11-14)29-13-28-16)19(22)31(26,27)15-7-5-4-6-8-15/h4-11,18-19H,12-13,23H2,1-3H3,(H,24,25). The number of nitrogens with two attached hydrogens (primary N) is 1. The number of sulfone groups is 1. The lowest BCUT2D eigenvalue weighted by Crippen LogP contribution is -2.49. The molecule has 1 aliphatic carbocycles. The minimum Gasteiger partial charge on any atom is -0.454 e. The molecule has 8 nitrogen and oxygen atoms in total. The number of fused-ring (bicyclic) bond motifs is 1. The molecule has 31 heavy (non-hydrogen) atoms. The highest BCUT2D eigenvalue weighted by atomic mass is 32.2. The third-order valence-electron chi connectivity index (χ3n) is 5.49. The van der Waals surface area contributed by atoms with E-state index in [4.69, 9.17) is 19.9 Å². The van der Waals surface area contributed by atoms with Crippen molar-refractivity contribution in [1.82, 2.24) is 5.32 Å². The van der Waals surface area contributed by atoms with E-state index in [1.807, 2.05) is 0 Å². The summed E-state index contributed by atoms with van der Waals surface area (Å²) in [6.45, 7) is 5.24. The fourth-order valence-electron chi connectivity index (χ4n) is 4.13. The van der Waals surface area contributed by atoms with Gasteiger partial charge in [0, 0.05) is 12.5 Å². The molecule has 0 bridgehead atoms. The second kappa shape index (κ2) is 7.42. The largest absolute Gasteiger partial charge is 0.454 e. The van der Waals surface area contributed by atoms with E-state index in [2.05, 4.69) is 5.32 Å². The Balaban J connectivity index is 1.75. The highest BCUT2D eigenvalue weighted by Crippen LogP contribution is 2.57. The van der Waals surface area contributed by atoms with E-state index in [1.54, 1.807) is 69.3 Å². The number of alkyl carbamates (subject to hydrolysis) is 1. The number of hydrogen-bond donors (Lipinski definition) is 2. The average molecular weight is 447 g/mol. The Bertz CT molecular complexity index is 1100. The van der Waals surface area contributed by atoms with Crippen LogP contribution in [0.4, 0.5) is 4.79 Å². The molecule has 1 heterocycles. The Kier molecular flexibility index (Phi) is 5.13. The molecule has 2 aliphatic rings. The molecule has 1 saturated carbocycles. The molecule has 2 aromatic rings. The van der Waals surface area contributed by atoms with E-state index in [0.717, 1.165) is 0 Å². The maximum absolute atomic E-state index is 13.5. The van der Waals surface area contributed by atoms with Gasteiger partial charge in [-0.1, -0.05) is 24.3 Å². The summed E-state index contributed by atoms with van der Waals surface area (Å²) in [4.78, 5) is 12.8. The molecule has 3 atom stereocenters. The van der Waals surface area contributed by atoms with Crippen molar-refractivity contribution in [2.45, 2.75) is 48.0 Å². The van der Waals surface area contributed by atoms with Crippen molar-refractivity contribution < 1.29 is 27.4 Å². The van der Waals surface area contributed by atoms with Gasteiger partial charge in [-0.15, -0.1) is 0 Å². The van der Waals surface area contributed by atoms with Crippen molar-refractivity contribution in [1.29, 1.82) is 0 Å². The molecule has 3 N–H and O–H groups in total. The van der Waals surface area contributed by atoms with Gasteiger partial charge in [-0.3, -0.25) is 0 Å². The maximum atomic E-state index is 13.5. The van der Waals surface area contributed by atoms with Crippen molar-refractivity contribution >= 4 is 15.9 Å². The van der Waals surface area contributed by atoms with E-state index in [0.29, 0.717) is 17.1 Å². The van der Waals surface area contributed by atoms with Gasteiger partial charge in [0.25, 0.3) is 0 Å². The quantitative estimate of drug-likeness (QED) is 0.725. The van der Waals surface area contributed by atoms with Gasteiger partial charge in [-0.05, 0) is 50.6 Å². The first-order chi connectivity index (χ1) is 14.6. The van der Waals surface area contributed by atoms with Crippen LogP contribution in [-0.2, 0) is 14.6 Å². The normalized spacial score (nSPS) is 24.5. The molecule has 3 unspecified atom stereocenters. The molecule has 1 amide bonds. The van der Waals surface area contributed by atoms with Gasteiger partial charge in [0.1, 0.15) is 10.9 Å². The second-order valence-corrected chi connectivity index (χ2v) is 10.8. The predicted octanol–water partition coefficient (Wildman–Crippen LogP) is 2.58.